The van der Waals surface area contributed by atoms with Gasteiger partial charge in [0.15, 0.2) is 0 Å². The van der Waals surface area contributed by atoms with Crippen LogP contribution in [0.1, 0.15) is 44.0 Å². The molecule has 32 heavy (non-hydrogen) atoms. The van der Waals surface area contributed by atoms with Gasteiger partial charge in [0.05, 0.1) is 37.4 Å². The summed E-state index contributed by atoms with van der Waals surface area (Å²) in [5.41, 5.74) is -0.106. The molecule has 0 radical (unpaired) electrons. The third kappa shape index (κ3) is 4.69. The molecule has 0 aliphatic carbocycles. The van der Waals surface area contributed by atoms with Gasteiger partial charge in [-0.05, 0) is 32.9 Å². The lowest BCUT2D eigenvalue weighted by molar-refractivity contribution is -0.106. The maximum atomic E-state index is 13.0. The van der Waals surface area contributed by atoms with Crippen molar-refractivity contribution in [2.45, 2.75) is 70.4 Å². The highest BCUT2D eigenvalue weighted by atomic mass is 19.3. The molecule has 0 saturated carbocycles. The molecule has 2 atom stereocenters. The van der Waals surface area contributed by atoms with Crippen molar-refractivity contribution in [3.63, 3.8) is 0 Å². The van der Waals surface area contributed by atoms with Gasteiger partial charge in [0.25, 0.3) is 6.43 Å². The van der Waals surface area contributed by atoms with E-state index < -0.39 is 36.7 Å². The van der Waals surface area contributed by atoms with Gasteiger partial charge in [-0.1, -0.05) is 0 Å². The van der Waals surface area contributed by atoms with Crippen LogP contribution in [0.3, 0.4) is 0 Å². The van der Waals surface area contributed by atoms with Crippen LogP contribution in [0.4, 0.5) is 13.6 Å². The van der Waals surface area contributed by atoms with Crippen molar-refractivity contribution in [2.75, 3.05) is 13.2 Å². The number of carbonyl (C=O) groups excluding carboxylic acids is 2. The first-order chi connectivity index (χ1) is 15.1. The van der Waals surface area contributed by atoms with E-state index in [1.807, 2.05) is 20.8 Å². The average Bonchev–Trinajstić information content (AvgIpc) is 3.04. The Kier molecular flexibility index (Phi) is 6.07. The monoisotopic (exact) mass is 451 g/mol. The number of carbonyl (C=O) groups is 2. The van der Waals surface area contributed by atoms with Crippen LogP contribution < -0.4 is 0 Å². The van der Waals surface area contributed by atoms with E-state index in [2.05, 4.69) is 4.98 Å². The zero-order valence-corrected chi connectivity index (χ0v) is 18.3. The number of morpholine rings is 1. The molecule has 2 aliphatic rings. The molecule has 0 unspecified atom stereocenters. The maximum Gasteiger partial charge on any atom is 0.410 e. The number of hydrogen-bond donors (Lipinski definition) is 0. The van der Waals surface area contributed by atoms with Crippen LogP contribution in [0.15, 0.2) is 24.5 Å². The van der Waals surface area contributed by atoms with E-state index in [1.165, 1.54) is 17.0 Å². The second kappa shape index (κ2) is 8.65. The summed E-state index contributed by atoms with van der Waals surface area (Å²) in [7, 11) is 0. The predicted molar refractivity (Wildman–Crippen MR) is 111 cm³/mol. The molecule has 2 saturated heterocycles. The number of alkyl halides is 2. The molecule has 2 aliphatic heterocycles. The first kappa shape index (κ1) is 22.4. The molecule has 4 rings (SSSR count). The van der Waals surface area contributed by atoms with Gasteiger partial charge in [-0.3, -0.25) is 4.90 Å². The minimum absolute atomic E-state index is 0.199. The van der Waals surface area contributed by atoms with Gasteiger partial charge in [0.1, 0.15) is 17.4 Å². The summed E-state index contributed by atoms with van der Waals surface area (Å²) in [6.45, 7) is 5.54. The highest BCUT2D eigenvalue weighted by Crippen LogP contribution is 2.32. The molecular formula is C22H27F2N3O5. The molecule has 2 aromatic heterocycles. The molecule has 1 amide bonds. The maximum absolute atomic E-state index is 13.0. The van der Waals surface area contributed by atoms with Crippen LogP contribution in [0, 0.1) is 0 Å². The number of amides is 1. The van der Waals surface area contributed by atoms with Crippen molar-refractivity contribution in [1.29, 1.82) is 0 Å². The number of nitrogens with zero attached hydrogens (tertiary/aromatic N) is 3. The van der Waals surface area contributed by atoms with E-state index in [4.69, 9.17) is 14.2 Å². The molecule has 174 valence electrons. The number of aromatic nitrogens is 2. The quantitative estimate of drug-likeness (QED) is 0.661. The molecule has 8 nitrogen and oxygen atoms in total. The van der Waals surface area contributed by atoms with Crippen molar-refractivity contribution < 1.29 is 32.6 Å². The van der Waals surface area contributed by atoms with Gasteiger partial charge in [0, 0.05) is 30.6 Å². The third-order valence-electron chi connectivity index (χ3n) is 5.54. The van der Waals surface area contributed by atoms with Crippen LogP contribution in [0.5, 0.6) is 0 Å². The molecule has 0 N–H and O–H groups in total. The highest BCUT2D eigenvalue weighted by molar-refractivity contribution is 6.03. The summed E-state index contributed by atoms with van der Waals surface area (Å²) >= 11 is 0. The normalized spacial score (nSPS) is 23.4. The number of esters is 1. The number of hydrogen-bond acceptors (Lipinski definition) is 6. The Morgan fingerprint density at radius 3 is 2.56 bits per heavy atom. The van der Waals surface area contributed by atoms with Crippen molar-refractivity contribution in [3.8, 4) is 0 Å². The van der Waals surface area contributed by atoms with Gasteiger partial charge in [-0.15, -0.1) is 0 Å². The van der Waals surface area contributed by atoms with E-state index in [1.54, 1.807) is 17.0 Å². The van der Waals surface area contributed by atoms with Crippen molar-refractivity contribution in [1.82, 2.24) is 14.5 Å². The predicted octanol–water partition coefficient (Wildman–Crippen LogP) is 3.63. The standard InChI is InChI=1S/C22H27F2N3O5/c1-22(2,3)32-21(29)27-13-7-15(8-14(27)12-30-11-13)31-20(28)17-9-26(10-18(23)24)19-16(17)5-4-6-25-19/h4-6,9,13-15,18H,7-8,10-12H2,1-3H3/t13-,14-/m1/s1. The topological polar surface area (TPSA) is 82.9 Å². The lowest BCUT2D eigenvalue weighted by atomic mass is 9.92. The number of rotatable bonds is 4. The lowest BCUT2D eigenvalue weighted by Gasteiger charge is -2.47. The summed E-state index contributed by atoms with van der Waals surface area (Å²) in [5.74, 6) is -0.592. The van der Waals surface area contributed by atoms with E-state index in [0.29, 0.717) is 37.1 Å². The van der Waals surface area contributed by atoms with Gasteiger partial charge in [-0.25, -0.2) is 23.4 Å². The van der Waals surface area contributed by atoms with Crippen LogP contribution >= 0.6 is 0 Å². The molecule has 0 aromatic carbocycles. The van der Waals surface area contributed by atoms with E-state index in [0.717, 1.165) is 0 Å². The number of pyridine rings is 1. The Labute approximate surface area is 184 Å². The molecule has 2 aromatic rings. The molecule has 10 heteroatoms. The third-order valence-corrected chi connectivity index (χ3v) is 5.54. The number of halogens is 2. The first-order valence-corrected chi connectivity index (χ1v) is 10.6. The van der Waals surface area contributed by atoms with Crippen LogP contribution in [-0.4, -0.2) is 69.9 Å². The zero-order valence-electron chi connectivity index (χ0n) is 18.3. The Morgan fingerprint density at radius 1 is 1.25 bits per heavy atom. The molecule has 4 heterocycles. The average molecular weight is 451 g/mol. The molecule has 0 spiro atoms. The number of fused-ring (bicyclic) bond motifs is 3. The number of piperidine rings is 1. The second-order valence-electron chi connectivity index (χ2n) is 9.19. The summed E-state index contributed by atoms with van der Waals surface area (Å²) in [6.07, 6.45) is 0.281. The Morgan fingerprint density at radius 2 is 1.94 bits per heavy atom. The van der Waals surface area contributed by atoms with Crippen molar-refractivity contribution in [3.05, 3.63) is 30.1 Å². The van der Waals surface area contributed by atoms with Gasteiger partial charge in [-0.2, -0.15) is 0 Å². The Hall–Kier alpha value is -2.75. The minimum atomic E-state index is -2.58. The fourth-order valence-electron chi connectivity index (χ4n) is 4.36. The Bertz CT molecular complexity index is 989. The molecule has 2 bridgehead atoms. The SMILES string of the molecule is CC(C)(C)OC(=O)N1[C@H]2COC[C@H]1CC(OC(=O)c1cn(CC(F)F)c3ncccc13)C2. The van der Waals surface area contributed by atoms with Crippen molar-refractivity contribution >= 4 is 23.1 Å². The summed E-state index contributed by atoms with van der Waals surface area (Å²) < 4.78 is 44.1. The smallest absolute Gasteiger partial charge is 0.410 e. The number of ether oxygens (including phenoxy) is 3. The van der Waals surface area contributed by atoms with Crippen LogP contribution in [-0.2, 0) is 20.8 Å². The van der Waals surface area contributed by atoms with E-state index in [9.17, 15) is 18.4 Å². The highest BCUT2D eigenvalue weighted by Gasteiger charge is 2.44. The van der Waals surface area contributed by atoms with Crippen LogP contribution in [0.25, 0.3) is 11.0 Å². The molecule has 2 fully saturated rings. The minimum Gasteiger partial charge on any atom is -0.459 e. The zero-order chi connectivity index (χ0) is 23.0. The molecular weight excluding hydrogens is 424 g/mol. The van der Waals surface area contributed by atoms with Gasteiger partial charge in [0.2, 0.25) is 0 Å². The first-order valence-electron chi connectivity index (χ1n) is 10.6. The fraction of sp³-hybridized carbons (Fsp3) is 0.591. The van der Waals surface area contributed by atoms with Gasteiger partial charge < -0.3 is 18.8 Å². The second-order valence-corrected chi connectivity index (χ2v) is 9.19. The van der Waals surface area contributed by atoms with E-state index in [-0.39, 0.29) is 17.6 Å². The lowest BCUT2D eigenvalue weighted by Crippen LogP contribution is -2.61. The van der Waals surface area contributed by atoms with Crippen LogP contribution in [0.2, 0.25) is 0 Å². The largest absolute Gasteiger partial charge is 0.459 e. The van der Waals surface area contributed by atoms with E-state index >= 15 is 0 Å². The van der Waals surface area contributed by atoms with Crippen molar-refractivity contribution in [2.24, 2.45) is 0 Å². The fourth-order valence-corrected chi connectivity index (χ4v) is 4.36. The summed E-state index contributed by atoms with van der Waals surface area (Å²) in [5, 5.41) is 0.466. The summed E-state index contributed by atoms with van der Waals surface area (Å²) in [4.78, 5) is 31.5. The Balaban J connectivity index is 1.49. The van der Waals surface area contributed by atoms with Gasteiger partial charge >= 0.3 is 12.1 Å². The summed E-state index contributed by atoms with van der Waals surface area (Å²) in [6, 6.07) is 2.77.